The molecule has 0 saturated carbocycles. The van der Waals surface area contributed by atoms with Gasteiger partial charge in [0.2, 0.25) is 0 Å². The van der Waals surface area contributed by atoms with Gasteiger partial charge in [0, 0.05) is 10.5 Å². The molecule has 1 aromatic carbocycles. The highest BCUT2D eigenvalue weighted by atomic mass is 35.5. The molecule has 0 saturated heterocycles. The van der Waals surface area contributed by atoms with Gasteiger partial charge in [0.1, 0.15) is 0 Å². The van der Waals surface area contributed by atoms with Crippen LogP contribution in [0.25, 0.3) is 0 Å². The highest BCUT2D eigenvalue weighted by Crippen LogP contribution is 2.34. The smallest absolute Gasteiger partial charge is 0.276 e. The largest absolute Gasteiger partial charge is 0.417 e. The normalized spacial score (nSPS) is 11.5. The lowest BCUT2D eigenvalue weighted by Crippen LogP contribution is -2.10. The first kappa shape index (κ1) is 12.4. The number of alkyl halides is 3. The van der Waals surface area contributed by atoms with Gasteiger partial charge >= 0.3 is 6.18 Å². The van der Waals surface area contributed by atoms with Gasteiger partial charge < -0.3 is 0 Å². The van der Waals surface area contributed by atoms with Crippen molar-refractivity contribution in [2.75, 3.05) is 6.26 Å². The van der Waals surface area contributed by atoms with E-state index in [9.17, 15) is 18.0 Å². The number of halogens is 4. The fourth-order valence-corrected chi connectivity index (χ4v) is 1.66. The first-order chi connectivity index (χ1) is 6.86. The molecule has 15 heavy (non-hydrogen) atoms. The van der Waals surface area contributed by atoms with Crippen molar-refractivity contribution in [2.45, 2.75) is 11.1 Å². The number of hydrogen-bond acceptors (Lipinski definition) is 2. The Hall–Kier alpha value is -0.680. The standard InChI is InChI=1S/C9H6ClF3OS/c1-15-5-2-3-6(8(10)14)7(4-5)9(11,12)13/h2-4H,1H3. The molecule has 0 N–H and O–H groups in total. The molecular weight excluding hydrogens is 249 g/mol. The Kier molecular flexibility index (Phi) is 3.67. The van der Waals surface area contributed by atoms with Crippen LogP contribution in [0.2, 0.25) is 0 Å². The first-order valence-electron chi connectivity index (χ1n) is 3.81. The third-order valence-corrected chi connectivity index (χ3v) is 2.67. The summed E-state index contributed by atoms with van der Waals surface area (Å²) in [7, 11) is 0. The lowest BCUT2D eigenvalue weighted by molar-refractivity contribution is -0.138. The fourth-order valence-electron chi connectivity index (χ4n) is 1.06. The average Bonchev–Trinajstić information content (AvgIpc) is 2.15. The molecule has 1 aromatic rings. The van der Waals surface area contributed by atoms with Gasteiger partial charge in [0.25, 0.3) is 5.24 Å². The van der Waals surface area contributed by atoms with Crippen LogP contribution in [-0.2, 0) is 6.18 Å². The van der Waals surface area contributed by atoms with Crippen LogP contribution >= 0.6 is 23.4 Å². The van der Waals surface area contributed by atoms with Gasteiger partial charge in [-0.3, -0.25) is 4.79 Å². The molecule has 0 aliphatic rings. The average molecular weight is 255 g/mol. The Balaban J connectivity index is 3.36. The summed E-state index contributed by atoms with van der Waals surface area (Å²) in [6.07, 6.45) is -2.91. The summed E-state index contributed by atoms with van der Waals surface area (Å²) in [6, 6.07) is 3.43. The van der Waals surface area contributed by atoms with E-state index in [4.69, 9.17) is 11.6 Å². The van der Waals surface area contributed by atoms with E-state index < -0.39 is 22.5 Å². The second-order valence-electron chi connectivity index (χ2n) is 2.68. The SMILES string of the molecule is CSc1ccc(C(=O)Cl)c(C(F)(F)F)c1. The maximum Gasteiger partial charge on any atom is 0.417 e. The van der Waals surface area contributed by atoms with E-state index >= 15 is 0 Å². The van der Waals surface area contributed by atoms with E-state index in [1.165, 1.54) is 17.8 Å². The van der Waals surface area contributed by atoms with Crippen molar-refractivity contribution in [1.29, 1.82) is 0 Å². The van der Waals surface area contributed by atoms with E-state index in [1.54, 1.807) is 6.26 Å². The number of thioether (sulfide) groups is 1. The van der Waals surface area contributed by atoms with Gasteiger partial charge in [0.05, 0.1) is 5.56 Å². The quantitative estimate of drug-likeness (QED) is 0.590. The minimum atomic E-state index is -4.56. The predicted molar refractivity (Wildman–Crippen MR) is 53.4 cm³/mol. The third-order valence-electron chi connectivity index (χ3n) is 1.74. The molecule has 0 amide bonds. The summed E-state index contributed by atoms with van der Waals surface area (Å²) >= 11 is 6.23. The Morgan fingerprint density at radius 1 is 1.40 bits per heavy atom. The molecule has 0 aliphatic heterocycles. The Morgan fingerprint density at radius 2 is 2.00 bits per heavy atom. The van der Waals surface area contributed by atoms with Gasteiger partial charge in [-0.2, -0.15) is 13.2 Å². The third kappa shape index (κ3) is 2.89. The van der Waals surface area contributed by atoms with Crippen LogP contribution in [0.3, 0.4) is 0 Å². The molecule has 82 valence electrons. The van der Waals surface area contributed by atoms with Crippen LogP contribution in [-0.4, -0.2) is 11.5 Å². The zero-order chi connectivity index (χ0) is 11.6. The van der Waals surface area contributed by atoms with E-state index in [0.29, 0.717) is 4.90 Å². The molecule has 0 fully saturated rings. The van der Waals surface area contributed by atoms with Crippen LogP contribution in [0.5, 0.6) is 0 Å². The number of rotatable bonds is 2. The highest BCUT2D eigenvalue weighted by molar-refractivity contribution is 7.98. The summed E-state index contributed by atoms with van der Waals surface area (Å²) in [6.45, 7) is 0. The lowest BCUT2D eigenvalue weighted by atomic mass is 10.1. The molecule has 1 nitrogen and oxygen atoms in total. The van der Waals surface area contributed by atoms with Crippen molar-refractivity contribution in [3.63, 3.8) is 0 Å². The second kappa shape index (κ2) is 4.45. The number of benzene rings is 1. The van der Waals surface area contributed by atoms with Gasteiger partial charge in [-0.25, -0.2) is 0 Å². The van der Waals surface area contributed by atoms with Gasteiger partial charge in [-0.05, 0) is 36.1 Å². The summed E-state index contributed by atoms with van der Waals surface area (Å²) in [4.78, 5) is 11.2. The number of carbonyl (C=O) groups is 1. The Bertz CT molecular complexity index is 389. The first-order valence-corrected chi connectivity index (χ1v) is 5.41. The van der Waals surface area contributed by atoms with Gasteiger partial charge in [0.15, 0.2) is 0 Å². The Labute approximate surface area is 93.6 Å². The molecule has 0 aliphatic carbocycles. The lowest BCUT2D eigenvalue weighted by Gasteiger charge is -2.11. The zero-order valence-electron chi connectivity index (χ0n) is 7.56. The van der Waals surface area contributed by atoms with E-state index in [2.05, 4.69) is 0 Å². The van der Waals surface area contributed by atoms with E-state index in [-0.39, 0.29) is 0 Å². The maximum atomic E-state index is 12.5. The van der Waals surface area contributed by atoms with Crippen LogP contribution in [0.15, 0.2) is 23.1 Å². The minimum absolute atomic E-state index is 0.434. The van der Waals surface area contributed by atoms with Crippen molar-refractivity contribution in [1.82, 2.24) is 0 Å². The topological polar surface area (TPSA) is 17.1 Å². The molecular formula is C9H6ClF3OS. The van der Waals surface area contributed by atoms with Crippen LogP contribution in [0, 0.1) is 0 Å². The monoisotopic (exact) mass is 254 g/mol. The van der Waals surface area contributed by atoms with Gasteiger partial charge in [-0.15, -0.1) is 11.8 Å². The van der Waals surface area contributed by atoms with Crippen LogP contribution < -0.4 is 0 Å². The molecule has 0 spiro atoms. The van der Waals surface area contributed by atoms with Crippen molar-refractivity contribution in [3.05, 3.63) is 29.3 Å². The van der Waals surface area contributed by atoms with Crippen LogP contribution in [0.1, 0.15) is 15.9 Å². The van der Waals surface area contributed by atoms with Crippen molar-refractivity contribution in [3.8, 4) is 0 Å². The summed E-state index contributed by atoms with van der Waals surface area (Å²) in [5.41, 5.74) is -1.50. The summed E-state index contributed by atoms with van der Waals surface area (Å²) in [5.74, 6) is 0. The number of carbonyl (C=O) groups excluding carboxylic acids is 1. The number of hydrogen-bond donors (Lipinski definition) is 0. The van der Waals surface area contributed by atoms with Crippen LogP contribution in [0.4, 0.5) is 13.2 Å². The second-order valence-corrected chi connectivity index (χ2v) is 3.91. The maximum absolute atomic E-state index is 12.5. The summed E-state index contributed by atoms with van der Waals surface area (Å²) < 4.78 is 37.5. The molecule has 0 bridgehead atoms. The van der Waals surface area contributed by atoms with Gasteiger partial charge in [-0.1, -0.05) is 0 Å². The Morgan fingerprint density at radius 3 is 2.40 bits per heavy atom. The molecule has 6 heteroatoms. The molecule has 0 aromatic heterocycles. The van der Waals surface area contributed by atoms with Crippen molar-refractivity contribution < 1.29 is 18.0 Å². The molecule has 0 unspecified atom stereocenters. The molecule has 1 rings (SSSR count). The molecule has 0 atom stereocenters. The van der Waals surface area contributed by atoms with E-state index in [0.717, 1.165) is 12.1 Å². The van der Waals surface area contributed by atoms with Crippen molar-refractivity contribution >= 4 is 28.6 Å². The zero-order valence-corrected chi connectivity index (χ0v) is 9.13. The molecule has 0 radical (unpaired) electrons. The van der Waals surface area contributed by atoms with E-state index in [1.807, 2.05) is 0 Å². The highest BCUT2D eigenvalue weighted by Gasteiger charge is 2.35. The predicted octanol–water partition coefficient (Wildman–Crippen LogP) is 3.81. The summed E-state index contributed by atoms with van der Waals surface area (Å²) in [5, 5.41) is -1.10. The fraction of sp³-hybridized carbons (Fsp3) is 0.222. The minimum Gasteiger partial charge on any atom is -0.276 e. The molecule has 0 heterocycles. The van der Waals surface area contributed by atoms with Crippen molar-refractivity contribution in [2.24, 2.45) is 0 Å².